The molecule has 4 rings (SSSR count). The Morgan fingerprint density at radius 2 is 1.28 bits per heavy atom. The van der Waals surface area contributed by atoms with Gasteiger partial charge in [-0.2, -0.15) is 0 Å². The normalized spacial score (nSPS) is 12.9. The Morgan fingerprint density at radius 3 is 1.83 bits per heavy atom. The molecule has 0 unspecified atom stereocenters. The number of nitrogens with zero attached hydrogens (tertiary/aromatic N) is 2. The average Bonchev–Trinajstić information content (AvgIpc) is 3.08. The third kappa shape index (κ3) is 2.52. The van der Waals surface area contributed by atoms with Gasteiger partial charge in [0.1, 0.15) is 11.0 Å². The second kappa shape index (κ2) is 5.46. The number of benzene rings is 2. The number of hydrogen-bond donors (Lipinski definition) is 0. The van der Waals surface area contributed by atoms with E-state index in [0.29, 0.717) is 0 Å². The largest absolute Gasteiger partial charge is 0.243 e. The molecule has 0 aliphatic carbocycles. The van der Waals surface area contributed by atoms with Crippen molar-refractivity contribution in [3.05, 3.63) is 48.5 Å². The first-order chi connectivity index (χ1) is 8.93. The van der Waals surface area contributed by atoms with Crippen LogP contribution in [0.25, 0.3) is 11.0 Å². The SMILES string of the molecule is c1ccc2c(c1)SCS2.c1ccc2nonc2c1. The zero-order chi connectivity index (χ0) is 12.2. The number of thioether (sulfide) groups is 2. The molecular formula is C13H10N2OS2. The Kier molecular flexibility index (Phi) is 3.52. The van der Waals surface area contributed by atoms with Crippen LogP contribution in [0.2, 0.25) is 0 Å². The van der Waals surface area contributed by atoms with Crippen molar-refractivity contribution in [2.75, 3.05) is 5.08 Å². The maximum atomic E-state index is 4.46. The van der Waals surface area contributed by atoms with Crippen molar-refractivity contribution in [2.24, 2.45) is 0 Å². The molecule has 0 bridgehead atoms. The van der Waals surface area contributed by atoms with E-state index in [4.69, 9.17) is 0 Å². The summed E-state index contributed by atoms with van der Waals surface area (Å²) >= 11 is 3.86. The summed E-state index contributed by atoms with van der Waals surface area (Å²) in [7, 11) is 0. The summed E-state index contributed by atoms with van der Waals surface area (Å²) in [6.07, 6.45) is 0. The predicted molar refractivity (Wildman–Crippen MR) is 74.8 cm³/mol. The van der Waals surface area contributed by atoms with Crippen molar-refractivity contribution in [3.8, 4) is 0 Å². The molecule has 0 radical (unpaired) electrons. The Hall–Kier alpha value is -1.46. The predicted octanol–water partition coefficient (Wildman–Crippen LogP) is 4.06. The van der Waals surface area contributed by atoms with Gasteiger partial charge in [-0.05, 0) is 34.6 Å². The molecule has 2 heterocycles. The molecule has 0 saturated heterocycles. The minimum Gasteiger partial charge on any atom is -0.243 e. The Bertz CT molecular complexity index is 601. The Labute approximate surface area is 113 Å². The van der Waals surface area contributed by atoms with Crippen LogP contribution in [0.3, 0.4) is 0 Å². The van der Waals surface area contributed by atoms with Crippen molar-refractivity contribution < 1.29 is 4.63 Å². The third-order valence-electron chi connectivity index (χ3n) is 2.44. The molecule has 0 fully saturated rings. The van der Waals surface area contributed by atoms with Gasteiger partial charge in [-0.1, -0.05) is 24.3 Å². The maximum Gasteiger partial charge on any atom is 0.135 e. The van der Waals surface area contributed by atoms with Gasteiger partial charge in [0.05, 0.1) is 0 Å². The lowest BCUT2D eigenvalue weighted by molar-refractivity contribution is 0.315. The lowest BCUT2D eigenvalue weighted by atomic mass is 10.3. The van der Waals surface area contributed by atoms with Crippen LogP contribution < -0.4 is 0 Å². The summed E-state index contributed by atoms with van der Waals surface area (Å²) in [5, 5.41) is 8.46. The minimum absolute atomic E-state index is 0.803. The van der Waals surface area contributed by atoms with Crippen molar-refractivity contribution in [1.29, 1.82) is 0 Å². The standard InChI is InChI=1S/C7H6S2.C6H4N2O/c1-2-4-7-6(3-1)8-5-9-7;1-2-4-6-5(3-1)7-9-8-6/h1-4H,5H2;1-4H. The van der Waals surface area contributed by atoms with Crippen LogP contribution >= 0.6 is 23.5 Å². The van der Waals surface area contributed by atoms with E-state index in [2.05, 4.69) is 39.2 Å². The Morgan fingerprint density at radius 1 is 0.778 bits per heavy atom. The molecular weight excluding hydrogens is 264 g/mol. The van der Waals surface area contributed by atoms with Crippen LogP contribution in [0, 0.1) is 0 Å². The topological polar surface area (TPSA) is 38.9 Å². The molecule has 0 spiro atoms. The van der Waals surface area contributed by atoms with Gasteiger partial charge in [0.15, 0.2) is 0 Å². The van der Waals surface area contributed by atoms with E-state index in [0.717, 1.165) is 11.0 Å². The number of hydrogen-bond acceptors (Lipinski definition) is 5. The first kappa shape index (κ1) is 11.6. The first-order valence-corrected chi connectivity index (χ1v) is 7.42. The second-order valence-electron chi connectivity index (χ2n) is 3.61. The van der Waals surface area contributed by atoms with Crippen LogP contribution in [0.1, 0.15) is 0 Å². The molecule has 3 nitrogen and oxygen atoms in total. The quantitative estimate of drug-likeness (QED) is 0.618. The number of aromatic nitrogens is 2. The molecule has 2 aromatic carbocycles. The zero-order valence-corrected chi connectivity index (χ0v) is 11.1. The number of fused-ring (bicyclic) bond motifs is 2. The molecule has 1 aromatic heterocycles. The molecule has 0 saturated carbocycles. The minimum atomic E-state index is 0.803. The van der Waals surface area contributed by atoms with E-state index in [1.54, 1.807) is 0 Å². The summed E-state index contributed by atoms with van der Waals surface area (Å²) in [5.41, 5.74) is 1.61. The lowest BCUT2D eigenvalue weighted by Crippen LogP contribution is -1.65. The Balaban J connectivity index is 0.000000111. The van der Waals surface area contributed by atoms with Crippen LogP contribution in [-0.4, -0.2) is 15.4 Å². The number of rotatable bonds is 0. The van der Waals surface area contributed by atoms with E-state index in [1.807, 2.05) is 47.8 Å². The van der Waals surface area contributed by atoms with Gasteiger partial charge in [0.2, 0.25) is 0 Å². The van der Waals surface area contributed by atoms with Gasteiger partial charge < -0.3 is 0 Å². The van der Waals surface area contributed by atoms with Crippen molar-refractivity contribution in [3.63, 3.8) is 0 Å². The molecule has 0 atom stereocenters. The maximum absolute atomic E-state index is 4.46. The highest BCUT2D eigenvalue weighted by Crippen LogP contribution is 2.40. The van der Waals surface area contributed by atoms with Gasteiger partial charge in [-0.25, -0.2) is 4.63 Å². The van der Waals surface area contributed by atoms with E-state index in [1.165, 1.54) is 14.9 Å². The van der Waals surface area contributed by atoms with Crippen LogP contribution in [0.5, 0.6) is 0 Å². The van der Waals surface area contributed by atoms with Crippen molar-refractivity contribution in [2.45, 2.75) is 9.79 Å². The van der Waals surface area contributed by atoms with Gasteiger partial charge in [0.25, 0.3) is 0 Å². The third-order valence-corrected chi connectivity index (χ3v) is 4.84. The highest BCUT2D eigenvalue weighted by molar-refractivity contribution is 8.18. The smallest absolute Gasteiger partial charge is 0.135 e. The van der Waals surface area contributed by atoms with Gasteiger partial charge >= 0.3 is 0 Å². The van der Waals surface area contributed by atoms with Crippen molar-refractivity contribution in [1.82, 2.24) is 10.3 Å². The fourth-order valence-corrected chi connectivity index (χ4v) is 3.95. The van der Waals surface area contributed by atoms with Crippen LogP contribution in [0.15, 0.2) is 63.0 Å². The summed E-state index contributed by atoms with van der Waals surface area (Å²) in [6, 6.07) is 16.0. The van der Waals surface area contributed by atoms with Gasteiger partial charge in [0, 0.05) is 14.9 Å². The molecule has 1 aliphatic heterocycles. The lowest BCUT2D eigenvalue weighted by Gasteiger charge is -1.90. The monoisotopic (exact) mass is 274 g/mol. The molecule has 3 aromatic rings. The summed E-state index contributed by atoms with van der Waals surface area (Å²) in [5.74, 6) is 0. The van der Waals surface area contributed by atoms with Crippen molar-refractivity contribution >= 4 is 34.6 Å². The summed E-state index contributed by atoms with van der Waals surface area (Å²) in [4.78, 5) is 2.89. The van der Waals surface area contributed by atoms with E-state index in [-0.39, 0.29) is 0 Å². The molecule has 18 heavy (non-hydrogen) atoms. The molecule has 90 valence electrons. The molecule has 5 heteroatoms. The summed E-state index contributed by atoms with van der Waals surface area (Å²) in [6.45, 7) is 0. The van der Waals surface area contributed by atoms with E-state index >= 15 is 0 Å². The highest BCUT2D eigenvalue weighted by Gasteiger charge is 2.08. The fourth-order valence-electron chi connectivity index (χ4n) is 1.57. The van der Waals surface area contributed by atoms with Gasteiger partial charge in [-0.15, -0.1) is 23.5 Å². The van der Waals surface area contributed by atoms with E-state index < -0.39 is 0 Å². The highest BCUT2D eigenvalue weighted by atomic mass is 32.2. The van der Waals surface area contributed by atoms with Crippen LogP contribution in [0.4, 0.5) is 0 Å². The van der Waals surface area contributed by atoms with Crippen LogP contribution in [-0.2, 0) is 0 Å². The van der Waals surface area contributed by atoms with E-state index in [9.17, 15) is 0 Å². The fraction of sp³-hybridized carbons (Fsp3) is 0.0769. The molecule has 0 amide bonds. The molecule has 0 N–H and O–H groups in total. The average molecular weight is 274 g/mol. The molecule has 1 aliphatic rings. The zero-order valence-electron chi connectivity index (χ0n) is 9.45. The van der Waals surface area contributed by atoms with Gasteiger partial charge in [-0.3, -0.25) is 0 Å². The second-order valence-corrected chi connectivity index (χ2v) is 6.01. The summed E-state index contributed by atoms with van der Waals surface area (Å²) < 4.78 is 4.46. The first-order valence-electron chi connectivity index (χ1n) is 5.45.